The molecule has 0 aliphatic rings. The van der Waals surface area contributed by atoms with Crippen LogP contribution in [0.3, 0.4) is 0 Å². The molecule has 0 spiro atoms. The Hall–Kier alpha value is -2.39. The summed E-state index contributed by atoms with van der Waals surface area (Å²) in [5, 5.41) is 10.7. The van der Waals surface area contributed by atoms with Crippen molar-refractivity contribution in [3.63, 3.8) is 0 Å². The molecule has 0 aliphatic heterocycles. The Morgan fingerprint density at radius 3 is 2.48 bits per heavy atom. The van der Waals surface area contributed by atoms with Gasteiger partial charge in [-0.05, 0) is 42.3 Å². The summed E-state index contributed by atoms with van der Waals surface area (Å²) < 4.78 is 55.7. The average Bonchev–Trinajstić information content (AvgIpc) is 2.49. The Kier molecular flexibility index (Phi) is 5.48. The zero-order valence-corrected chi connectivity index (χ0v) is 14.2. The van der Waals surface area contributed by atoms with Gasteiger partial charge in [0.15, 0.2) is 0 Å². The van der Waals surface area contributed by atoms with Crippen molar-refractivity contribution >= 4 is 33.3 Å². The van der Waals surface area contributed by atoms with Crippen LogP contribution in [0, 0.1) is 6.92 Å². The maximum Gasteiger partial charge on any atom is 0.387 e. The average molecular weight is 391 g/mol. The molecule has 0 amide bonds. The second kappa shape index (κ2) is 7.24. The lowest BCUT2D eigenvalue weighted by molar-refractivity contribution is -0.255. The summed E-state index contributed by atoms with van der Waals surface area (Å²) >= 11 is 5.77. The van der Waals surface area contributed by atoms with Crippen molar-refractivity contribution in [2.75, 3.05) is 4.72 Å². The van der Waals surface area contributed by atoms with Crippen LogP contribution in [0.4, 0.5) is 14.5 Å². The van der Waals surface area contributed by atoms with Gasteiger partial charge < -0.3 is 14.6 Å². The Morgan fingerprint density at radius 1 is 1.24 bits per heavy atom. The van der Waals surface area contributed by atoms with Crippen LogP contribution in [-0.2, 0) is 10.0 Å². The maximum atomic E-state index is 12.5. The lowest BCUT2D eigenvalue weighted by Gasteiger charge is -2.13. The second-order valence-corrected chi connectivity index (χ2v) is 6.95. The number of carboxylic acid groups (broad SMARTS) is 1. The minimum Gasteiger partial charge on any atom is -0.545 e. The molecule has 2 rings (SSSR count). The van der Waals surface area contributed by atoms with Crippen LogP contribution in [0.15, 0.2) is 41.3 Å². The summed E-state index contributed by atoms with van der Waals surface area (Å²) in [6, 6.07) is 6.86. The highest BCUT2D eigenvalue weighted by atomic mass is 35.5. The minimum atomic E-state index is -4.14. The van der Waals surface area contributed by atoms with Gasteiger partial charge in [-0.2, -0.15) is 8.78 Å². The van der Waals surface area contributed by atoms with Crippen LogP contribution in [0.1, 0.15) is 15.9 Å². The molecule has 1 N–H and O–H groups in total. The van der Waals surface area contributed by atoms with Gasteiger partial charge in [0, 0.05) is 0 Å². The molecular formula is C15H11ClF2NO5S-. The SMILES string of the molecule is Cc1ccc(C(=O)[O-])cc1S(=O)(=O)Nc1ccc(OC(F)F)c(Cl)c1. The van der Waals surface area contributed by atoms with Crippen molar-refractivity contribution in [3.8, 4) is 5.75 Å². The van der Waals surface area contributed by atoms with Gasteiger partial charge in [0.25, 0.3) is 10.0 Å². The summed E-state index contributed by atoms with van der Waals surface area (Å²) in [4.78, 5) is 10.6. The van der Waals surface area contributed by atoms with E-state index in [2.05, 4.69) is 9.46 Å². The number of carbonyl (C=O) groups is 1. The summed E-state index contributed by atoms with van der Waals surface area (Å²) in [5.41, 5.74) is -0.00388. The first kappa shape index (κ1) is 18.9. The van der Waals surface area contributed by atoms with E-state index in [1.54, 1.807) is 0 Å². The zero-order chi connectivity index (χ0) is 18.8. The molecule has 0 radical (unpaired) electrons. The number of hydrogen-bond donors (Lipinski definition) is 1. The van der Waals surface area contributed by atoms with E-state index in [-0.39, 0.29) is 26.9 Å². The summed E-state index contributed by atoms with van der Waals surface area (Å²) in [6.07, 6.45) is 0. The van der Waals surface area contributed by atoms with E-state index in [0.29, 0.717) is 5.56 Å². The third kappa shape index (κ3) is 4.58. The molecule has 6 nitrogen and oxygen atoms in total. The normalized spacial score (nSPS) is 11.4. The number of alkyl halides is 2. The van der Waals surface area contributed by atoms with E-state index < -0.39 is 22.6 Å². The van der Waals surface area contributed by atoms with Crippen LogP contribution in [0.5, 0.6) is 5.75 Å². The maximum absolute atomic E-state index is 12.5. The van der Waals surface area contributed by atoms with Gasteiger partial charge in [-0.15, -0.1) is 0 Å². The number of aromatic carboxylic acids is 1. The minimum absolute atomic E-state index is 0.00938. The molecule has 0 heterocycles. The summed E-state index contributed by atoms with van der Waals surface area (Å²) in [5.74, 6) is -1.83. The highest BCUT2D eigenvalue weighted by Gasteiger charge is 2.19. The molecule has 0 fully saturated rings. The van der Waals surface area contributed by atoms with Crippen molar-refractivity contribution in [3.05, 3.63) is 52.5 Å². The van der Waals surface area contributed by atoms with Crippen molar-refractivity contribution in [2.24, 2.45) is 0 Å². The van der Waals surface area contributed by atoms with Crippen molar-refractivity contribution < 1.29 is 31.8 Å². The van der Waals surface area contributed by atoms with Crippen LogP contribution in [0.2, 0.25) is 5.02 Å². The Morgan fingerprint density at radius 2 is 1.92 bits per heavy atom. The Balaban J connectivity index is 2.35. The second-order valence-electron chi connectivity index (χ2n) is 4.90. The van der Waals surface area contributed by atoms with E-state index in [9.17, 15) is 27.1 Å². The summed E-state index contributed by atoms with van der Waals surface area (Å²) in [6.45, 7) is -1.59. The number of ether oxygens (including phenoxy) is 1. The number of rotatable bonds is 6. The molecule has 0 bridgehead atoms. The number of benzene rings is 2. The third-order valence-corrected chi connectivity index (χ3v) is 4.93. The fourth-order valence-corrected chi connectivity index (χ4v) is 3.53. The van der Waals surface area contributed by atoms with Crippen molar-refractivity contribution in [1.29, 1.82) is 0 Å². The van der Waals surface area contributed by atoms with Gasteiger partial charge in [-0.25, -0.2) is 8.42 Å². The molecule has 0 saturated heterocycles. The molecule has 134 valence electrons. The van der Waals surface area contributed by atoms with Crippen molar-refractivity contribution in [1.82, 2.24) is 0 Å². The molecule has 2 aromatic carbocycles. The number of nitrogens with one attached hydrogen (secondary N) is 1. The number of anilines is 1. The fourth-order valence-electron chi connectivity index (χ4n) is 1.98. The van der Waals surface area contributed by atoms with E-state index in [0.717, 1.165) is 18.2 Å². The first-order chi connectivity index (χ1) is 11.6. The number of carboxylic acids is 1. The van der Waals surface area contributed by atoms with Crippen LogP contribution in [-0.4, -0.2) is 21.0 Å². The largest absolute Gasteiger partial charge is 0.545 e. The highest BCUT2D eigenvalue weighted by molar-refractivity contribution is 7.92. The van der Waals surface area contributed by atoms with Crippen LogP contribution >= 0.6 is 11.6 Å². The predicted octanol–water partition coefficient (Wildman–Crippen LogP) is 2.41. The molecule has 10 heteroatoms. The highest BCUT2D eigenvalue weighted by Crippen LogP contribution is 2.30. The van der Waals surface area contributed by atoms with Gasteiger partial charge >= 0.3 is 6.61 Å². The van der Waals surface area contributed by atoms with Gasteiger partial charge in [0.05, 0.1) is 21.6 Å². The summed E-state index contributed by atoms with van der Waals surface area (Å²) in [7, 11) is -4.14. The monoisotopic (exact) mass is 390 g/mol. The fraction of sp³-hybridized carbons (Fsp3) is 0.133. The molecule has 0 atom stereocenters. The number of halogens is 3. The molecule has 0 aromatic heterocycles. The van der Waals surface area contributed by atoms with E-state index in [1.165, 1.54) is 25.1 Å². The van der Waals surface area contributed by atoms with Gasteiger partial charge in [-0.1, -0.05) is 23.7 Å². The number of hydrogen-bond acceptors (Lipinski definition) is 5. The lowest BCUT2D eigenvalue weighted by Crippen LogP contribution is -2.23. The van der Waals surface area contributed by atoms with Crippen LogP contribution in [0.25, 0.3) is 0 Å². The van der Waals surface area contributed by atoms with Gasteiger partial charge in [0.1, 0.15) is 5.75 Å². The van der Waals surface area contributed by atoms with Gasteiger partial charge in [-0.3, -0.25) is 4.72 Å². The number of sulfonamides is 1. The standard InChI is InChI=1S/C15H12ClF2NO5S/c1-8-2-3-9(14(20)21)6-13(8)25(22,23)19-10-4-5-12(11(16)7-10)24-15(17)18/h2-7,15,19H,1H3,(H,20,21)/p-1. The van der Waals surface area contributed by atoms with Crippen LogP contribution < -0.4 is 14.6 Å². The van der Waals surface area contributed by atoms with Gasteiger partial charge in [0.2, 0.25) is 0 Å². The smallest absolute Gasteiger partial charge is 0.387 e. The topological polar surface area (TPSA) is 95.5 Å². The molecule has 0 unspecified atom stereocenters. The molecule has 0 aliphatic carbocycles. The van der Waals surface area contributed by atoms with E-state index >= 15 is 0 Å². The quantitative estimate of drug-likeness (QED) is 0.817. The first-order valence-electron chi connectivity index (χ1n) is 6.69. The molecule has 2 aromatic rings. The van der Waals surface area contributed by atoms with E-state index in [4.69, 9.17) is 11.6 Å². The van der Waals surface area contributed by atoms with E-state index in [1.807, 2.05) is 0 Å². The first-order valence-corrected chi connectivity index (χ1v) is 8.55. The van der Waals surface area contributed by atoms with Crippen molar-refractivity contribution in [2.45, 2.75) is 18.4 Å². The Bertz CT molecular complexity index is 918. The molecule has 0 saturated carbocycles. The predicted molar refractivity (Wildman–Crippen MR) is 84.4 cm³/mol. The lowest BCUT2D eigenvalue weighted by atomic mass is 10.1. The molecule has 25 heavy (non-hydrogen) atoms. The Labute approximate surface area is 147 Å². The molecular weight excluding hydrogens is 380 g/mol. The number of aryl methyl sites for hydroxylation is 1. The zero-order valence-electron chi connectivity index (χ0n) is 12.6. The third-order valence-electron chi connectivity index (χ3n) is 3.11. The number of carbonyl (C=O) groups excluding carboxylic acids is 1.